The van der Waals surface area contributed by atoms with E-state index >= 15 is 0 Å². The summed E-state index contributed by atoms with van der Waals surface area (Å²) in [5.41, 5.74) is 1.25. The van der Waals surface area contributed by atoms with Crippen LogP contribution < -0.4 is 5.46 Å². The second-order valence-electron chi connectivity index (χ2n) is 7.34. The van der Waals surface area contributed by atoms with E-state index in [1.165, 1.54) is 6.20 Å². The highest BCUT2D eigenvalue weighted by molar-refractivity contribution is 6.63. The number of aromatic nitrogens is 3. The van der Waals surface area contributed by atoms with Gasteiger partial charge in [-0.05, 0) is 46.8 Å². The molecule has 2 aromatic rings. The van der Waals surface area contributed by atoms with Crippen LogP contribution in [0.2, 0.25) is 0 Å². The first-order chi connectivity index (χ1) is 12.1. The molecule has 2 aromatic heterocycles. The predicted molar refractivity (Wildman–Crippen MR) is 98.1 cm³/mol. The zero-order chi connectivity index (χ0) is 19.1. The molecule has 0 N–H and O–H groups in total. The van der Waals surface area contributed by atoms with Crippen LogP contribution in [0.1, 0.15) is 45.0 Å². The van der Waals surface area contributed by atoms with Gasteiger partial charge in [-0.1, -0.05) is 0 Å². The second-order valence-corrected chi connectivity index (χ2v) is 7.34. The summed E-state index contributed by atoms with van der Waals surface area (Å²) in [6, 6.07) is 3.65. The Morgan fingerprint density at radius 1 is 1.23 bits per heavy atom. The summed E-state index contributed by atoms with van der Waals surface area (Å²) < 4.78 is 19.1. The lowest BCUT2D eigenvalue weighted by Gasteiger charge is -2.32. The van der Waals surface area contributed by atoms with E-state index in [9.17, 15) is 4.79 Å². The molecule has 0 amide bonds. The highest BCUT2D eigenvalue weighted by atomic mass is 16.7. The molecule has 0 spiro atoms. The minimum absolute atomic E-state index is 0.281. The molecule has 0 radical (unpaired) electrons. The molecule has 26 heavy (non-hydrogen) atoms. The van der Waals surface area contributed by atoms with Crippen molar-refractivity contribution in [2.24, 2.45) is 7.05 Å². The molecule has 0 aromatic carbocycles. The molecule has 1 aliphatic heterocycles. The number of carbonyl (C=O) groups is 1. The molecule has 1 aliphatic rings. The fraction of sp³-hybridized carbons (Fsp3) is 0.500. The number of aryl methyl sites for hydroxylation is 1. The number of hydrogen-bond acceptors (Lipinski definition) is 6. The Balaban J connectivity index is 2.06. The lowest BCUT2D eigenvalue weighted by Crippen LogP contribution is -2.41. The molecular weight excluding hydrogens is 333 g/mol. The van der Waals surface area contributed by atoms with Crippen molar-refractivity contribution in [2.75, 3.05) is 6.61 Å². The third kappa shape index (κ3) is 3.26. The van der Waals surface area contributed by atoms with E-state index in [4.69, 9.17) is 14.0 Å². The maximum Gasteiger partial charge on any atom is 0.495 e. The summed E-state index contributed by atoms with van der Waals surface area (Å²) in [6.07, 6.45) is 3.34. The van der Waals surface area contributed by atoms with Crippen molar-refractivity contribution in [3.63, 3.8) is 0 Å². The van der Waals surface area contributed by atoms with E-state index in [2.05, 4.69) is 10.1 Å². The van der Waals surface area contributed by atoms with Crippen LogP contribution >= 0.6 is 0 Å². The Morgan fingerprint density at radius 2 is 1.88 bits per heavy atom. The zero-order valence-corrected chi connectivity index (χ0v) is 16.1. The Labute approximate surface area is 153 Å². The topological polar surface area (TPSA) is 75.5 Å². The number of nitrogens with zero attached hydrogens (tertiary/aromatic N) is 3. The van der Waals surface area contributed by atoms with Crippen molar-refractivity contribution in [1.82, 2.24) is 14.8 Å². The molecule has 0 unspecified atom stereocenters. The predicted octanol–water partition coefficient (Wildman–Crippen LogP) is 1.96. The summed E-state index contributed by atoms with van der Waals surface area (Å²) in [5.74, 6) is -0.447. The Bertz CT molecular complexity index is 816. The molecule has 8 heteroatoms. The smallest absolute Gasteiger partial charge is 0.462 e. The van der Waals surface area contributed by atoms with Crippen molar-refractivity contribution >= 4 is 18.6 Å². The van der Waals surface area contributed by atoms with Crippen LogP contribution in [0.4, 0.5) is 0 Å². The van der Waals surface area contributed by atoms with E-state index in [0.29, 0.717) is 22.4 Å². The van der Waals surface area contributed by atoms with Gasteiger partial charge in [0.15, 0.2) is 0 Å². The molecule has 0 aliphatic carbocycles. The molecule has 1 fully saturated rings. The highest BCUT2D eigenvalue weighted by Gasteiger charge is 2.52. The number of hydrogen-bond donors (Lipinski definition) is 0. The molecule has 3 rings (SSSR count). The van der Waals surface area contributed by atoms with Crippen LogP contribution in [-0.2, 0) is 21.1 Å². The number of ether oxygens (including phenoxy) is 1. The monoisotopic (exact) mass is 357 g/mol. The Hall–Kier alpha value is -2.19. The molecule has 0 bridgehead atoms. The quantitative estimate of drug-likeness (QED) is 0.615. The fourth-order valence-corrected chi connectivity index (χ4v) is 2.71. The lowest BCUT2D eigenvalue weighted by atomic mass is 9.76. The summed E-state index contributed by atoms with van der Waals surface area (Å²) >= 11 is 0. The standard InChI is InChI=1S/C18H24BN3O4/c1-7-24-16(23)12-11-20-15(14-8-9-22(6)21-14)10-13(12)19-25-17(2,3)18(4,5)26-19/h8-11H,7H2,1-6H3. The largest absolute Gasteiger partial charge is 0.495 e. The van der Waals surface area contributed by atoms with E-state index < -0.39 is 24.3 Å². The van der Waals surface area contributed by atoms with Gasteiger partial charge in [-0.25, -0.2) is 4.79 Å². The average Bonchev–Trinajstić information content (AvgIpc) is 3.08. The second kappa shape index (κ2) is 6.52. The Morgan fingerprint density at radius 3 is 2.42 bits per heavy atom. The van der Waals surface area contributed by atoms with Gasteiger partial charge in [-0.3, -0.25) is 9.67 Å². The number of esters is 1. The van der Waals surface area contributed by atoms with Gasteiger partial charge in [0.2, 0.25) is 0 Å². The van der Waals surface area contributed by atoms with Gasteiger partial charge in [0.25, 0.3) is 0 Å². The van der Waals surface area contributed by atoms with Crippen molar-refractivity contribution in [1.29, 1.82) is 0 Å². The van der Waals surface area contributed by atoms with Crippen molar-refractivity contribution in [2.45, 2.75) is 45.8 Å². The van der Waals surface area contributed by atoms with E-state index in [0.717, 1.165) is 0 Å². The third-order valence-electron chi connectivity index (χ3n) is 4.91. The molecule has 0 saturated carbocycles. The van der Waals surface area contributed by atoms with E-state index in [-0.39, 0.29) is 6.61 Å². The van der Waals surface area contributed by atoms with Gasteiger partial charge in [0.1, 0.15) is 5.69 Å². The normalized spacial score (nSPS) is 18.2. The fourth-order valence-electron chi connectivity index (χ4n) is 2.71. The van der Waals surface area contributed by atoms with Gasteiger partial charge >= 0.3 is 13.1 Å². The van der Waals surface area contributed by atoms with Crippen molar-refractivity contribution in [3.05, 3.63) is 30.1 Å². The summed E-state index contributed by atoms with van der Waals surface area (Å²) in [6.45, 7) is 9.93. The molecule has 1 saturated heterocycles. The van der Waals surface area contributed by atoms with Crippen LogP contribution in [-0.4, -0.2) is 45.7 Å². The maximum absolute atomic E-state index is 12.4. The van der Waals surface area contributed by atoms with Crippen LogP contribution in [0.3, 0.4) is 0 Å². The third-order valence-corrected chi connectivity index (χ3v) is 4.91. The van der Waals surface area contributed by atoms with Gasteiger partial charge in [-0.15, -0.1) is 0 Å². The highest BCUT2D eigenvalue weighted by Crippen LogP contribution is 2.36. The van der Waals surface area contributed by atoms with Gasteiger partial charge in [0, 0.05) is 24.9 Å². The minimum atomic E-state index is -0.690. The molecular formula is C18H24BN3O4. The minimum Gasteiger partial charge on any atom is -0.462 e. The van der Waals surface area contributed by atoms with Gasteiger partial charge < -0.3 is 14.0 Å². The van der Waals surface area contributed by atoms with E-state index in [1.807, 2.05) is 47.0 Å². The maximum atomic E-state index is 12.4. The van der Waals surface area contributed by atoms with Crippen LogP contribution in [0.25, 0.3) is 11.4 Å². The summed E-state index contributed by atoms with van der Waals surface area (Å²) in [5, 5.41) is 4.37. The van der Waals surface area contributed by atoms with Crippen LogP contribution in [0, 0.1) is 0 Å². The van der Waals surface area contributed by atoms with Crippen molar-refractivity contribution in [3.8, 4) is 11.4 Å². The molecule has 138 valence electrons. The van der Waals surface area contributed by atoms with E-state index in [1.54, 1.807) is 17.7 Å². The molecule has 7 nitrogen and oxygen atoms in total. The SMILES string of the molecule is CCOC(=O)c1cnc(-c2ccn(C)n2)cc1B1OC(C)(C)C(C)(C)O1. The molecule has 0 atom stereocenters. The van der Waals surface area contributed by atoms with Gasteiger partial charge in [-0.2, -0.15) is 5.10 Å². The summed E-state index contributed by atoms with van der Waals surface area (Å²) in [7, 11) is 1.15. The average molecular weight is 357 g/mol. The number of rotatable bonds is 4. The molecule has 3 heterocycles. The first-order valence-electron chi connectivity index (χ1n) is 8.67. The summed E-state index contributed by atoms with van der Waals surface area (Å²) in [4.78, 5) is 16.8. The first kappa shape index (κ1) is 18.6. The Kier molecular flexibility index (Phi) is 4.66. The van der Waals surface area contributed by atoms with Crippen LogP contribution in [0.15, 0.2) is 24.5 Å². The lowest BCUT2D eigenvalue weighted by molar-refractivity contribution is 0.00578. The first-order valence-corrected chi connectivity index (χ1v) is 8.67. The zero-order valence-electron chi connectivity index (χ0n) is 16.1. The van der Waals surface area contributed by atoms with Crippen molar-refractivity contribution < 1.29 is 18.8 Å². The number of carbonyl (C=O) groups excluding carboxylic acids is 1. The van der Waals surface area contributed by atoms with Gasteiger partial charge in [0.05, 0.1) is 29.1 Å². The van der Waals surface area contributed by atoms with Crippen LogP contribution in [0.5, 0.6) is 0 Å². The number of pyridine rings is 1.